The molecular weight excluding hydrogens is 300 g/mol. The summed E-state index contributed by atoms with van der Waals surface area (Å²) in [6, 6.07) is 5.19. The number of nitrogens with one attached hydrogen (secondary N) is 1. The number of carbonyl (C=O) groups excluding carboxylic acids is 1. The van der Waals surface area contributed by atoms with Gasteiger partial charge in [0.1, 0.15) is 17.9 Å². The third-order valence-electron chi connectivity index (χ3n) is 3.54. The highest BCUT2D eigenvalue weighted by atomic mass is 16.5. The molecule has 23 heavy (non-hydrogen) atoms. The van der Waals surface area contributed by atoms with Gasteiger partial charge in [-0.15, -0.1) is 0 Å². The van der Waals surface area contributed by atoms with Gasteiger partial charge in [0, 0.05) is 6.04 Å². The first-order chi connectivity index (χ1) is 10.8. The predicted molar refractivity (Wildman–Crippen MR) is 85.1 cm³/mol. The maximum Gasteiger partial charge on any atom is 0.326 e. The third kappa shape index (κ3) is 5.54. The Hall–Kier alpha value is -2.12. The lowest BCUT2D eigenvalue weighted by molar-refractivity contribution is -0.145. The Morgan fingerprint density at radius 3 is 2.26 bits per heavy atom. The van der Waals surface area contributed by atoms with Crippen LogP contribution in [0.3, 0.4) is 0 Å². The number of aliphatic carboxylic acids is 1. The first-order valence-electron chi connectivity index (χ1n) is 7.36. The predicted octanol–water partition coefficient (Wildman–Crippen LogP) is 0.151. The lowest BCUT2D eigenvalue weighted by atomic mass is 10.00. The zero-order chi connectivity index (χ0) is 17.6. The summed E-state index contributed by atoms with van der Waals surface area (Å²) in [5.41, 5.74) is 6.70. The fourth-order valence-electron chi connectivity index (χ4n) is 2.09. The number of nitrogens with two attached hydrogens (primary N) is 1. The average Bonchev–Trinajstić information content (AvgIpc) is 2.51. The second kappa shape index (κ2) is 8.50. The Balaban J connectivity index is 2.65. The third-order valence-corrected chi connectivity index (χ3v) is 3.54. The monoisotopic (exact) mass is 324 g/mol. The summed E-state index contributed by atoms with van der Waals surface area (Å²) in [5.74, 6) is -1.54. The molecule has 3 atom stereocenters. The summed E-state index contributed by atoms with van der Waals surface area (Å²) >= 11 is 0. The lowest BCUT2D eigenvalue weighted by Crippen LogP contribution is -2.53. The highest BCUT2D eigenvalue weighted by Gasteiger charge is 2.29. The number of amides is 1. The smallest absolute Gasteiger partial charge is 0.326 e. The van der Waals surface area contributed by atoms with Crippen LogP contribution in [0.15, 0.2) is 24.3 Å². The van der Waals surface area contributed by atoms with E-state index >= 15 is 0 Å². The van der Waals surface area contributed by atoms with Crippen molar-refractivity contribution in [1.29, 1.82) is 0 Å². The maximum absolute atomic E-state index is 12.0. The number of carboxylic acid groups (broad SMARTS) is 1. The van der Waals surface area contributed by atoms with Gasteiger partial charge in [-0.1, -0.05) is 26.0 Å². The van der Waals surface area contributed by atoms with Gasteiger partial charge in [0.25, 0.3) is 5.91 Å². The van der Waals surface area contributed by atoms with Crippen molar-refractivity contribution in [2.24, 2.45) is 11.7 Å². The summed E-state index contributed by atoms with van der Waals surface area (Å²) in [6.07, 6.45) is -1.21. The van der Waals surface area contributed by atoms with E-state index in [4.69, 9.17) is 15.6 Å². The van der Waals surface area contributed by atoms with Gasteiger partial charge in [0.2, 0.25) is 0 Å². The minimum atomic E-state index is -1.49. The molecule has 1 aromatic rings. The van der Waals surface area contributed by atoms with Crippen LogP contribution in [-0.2, 0) is 16.0 Å². The first kappa shape index (κ1) is 18.9. The molecule has 0 spiro atoms. The van der Waals surface area contributed by atoms with Crippen molar-refractivity contribution in [2.75, 3.05) is 7.11 Å². The van der Waals surface area contributed by atoms with Crippen LogP contribution in [0.2, 0.25) is 0 Å². The number of aliphatic hydroxyl groups is 1. The van der Waals surface area contributed by atoms with E-state index in [1.807, 2.05) is 0 Å². The molecule has 7 nitrogen and oxygen atoms in total. The Morgan fingerprint density at radius 2 is 1.83 bits per heavy atom. The van der Waals surface area contributed by atoms with Crippen LogP contribution in [0.5, 0.6) is 5.75 Å². The van der Waals surface area contributed by atoms with E-state index in [2.05, 4.69) is 5.32 Å². The summed E-state index contributed by atoms with van der Waals surface area (Å²) in [5, 5.41) is 21.4. The van der Waals surface area contributed by atoms with E-state index in [9.17, 15) is 14.7 Å². The van der Waals surface area contributed by atoms with Crippen molar-refractivity contribution < 1.29 is 24.5 Å². The van der Waals surface area contributed by atoms with E-state index in [1.165, 1.54) is 0 Å². The molecule has 1 rings (SSSR count). The van der Waals surface area contributed by atoms with E-state index in [-0.39, 0.29) is 12.3 Å². The van der Waals surface area contributed by atoms with Crippen LogP contribution in [-0.4, -0.2) is 47.4 Å². The van der Waals surface area contributed by atoms with Crippen LogP contribution in [0.1, 0.15) is 19.4 Å². The van der Waals surface area contributed by atoms with Crippen molar-refractivity contribution in [2.45, 2.75) is 38.5 Å². The molecule has 0 aliphatic rings. The van der Waals surface area contributed by atoms with Gasteiger partial charge in [-0.25, -0.2) is 4.79 Å². The Morgan fingerprint density at radius 1 is 1.26 bits per heavy atom. The van der Waals surface area contributed by atoms with Crippen LogP contribution in [0, 0.1) is 5.92 Å². The van der Waals surface area contributed by atoms with E-state index in [1.54, 1.807) is 45.2 Å². The molecule has 0 bridgehead atoms. The van der Waals surface area contributed by atoms with Gasteiger partial charge in [0.15, 0.2) is 0 Å². The topological polar surface area (TPSA) is 122 Å². The quantitative estimate of drug-likeness (QED) is 0.540. The zero-order valence-corrected chi connectivity index (χ0v) is 13.5. The van der Waals surface area contributed by atoms with Gasteiger partial charge < -0.3 is 26.0 Å². The van der Waals surface area contributed by atoms with Crippen molar-refractivity contribution in [3.05, 3.63) is 29.8 Å². The minimum Gasteiger partial charge on any atom is -0.497 e. The van der Waals surface area contributed by atoms with Gasteiger partial charge >= 0.3 is 5.97 Å². The molecule has 0 fully saturated rings. The average molecular weight is 324 g/mol. The highest BCUT2D eigenvalue weighted by molar-refractivity contribution is 5.86. The summed E-state index contributed by atoms with van der Waals surface area (Å²) in [6.45, 7) is 3.34. The van der Waals surface area contributed by atoms with Crippen molar-refractivity contribution in [3.63, 3.8) is 0 Å². The summed E-state index contributed by atoms with van der Waals surface area (Å²) in [4.78, 5) is 23.1. The molecule has 0 aromatic heterocycles. The number of hydrogen-bond donors (Lipinski definition) is 4. The SMILES string of the molecule is COc1ccc(CC(N)C(O)C(=O)N[C@H](C(=O)O)C(C)C)cc1. The normalized spacial score (nSPS) is 14.9. The minimum absolute atomic E-state index is 0.276. The molecule has 1 amide bonds. The number of methoxy groups -OCH3 is 1. The molecule has 0 saturated carbocycles. The van der Waals surface area contributed by atoms with E-state index in [0.29, 0.717) is 5.75 Å². The molecule has 0 heterocycles. The maximum atomic E-state index is 12.0. The molecule has 5 N–H and O–H groups in total. The fraction of sp³-hybridized carbons (Fsp3) is 0.500. The molecule has 0 radical (unpaired) electrons. The van der Waals surface area contributed by atoms with Crippen molar-refractivity contribution >= 4 is 11.9 Å². The van der Waals surface area contributed by atoms with Crippen LogP contribution in [0.4, 0.5) is 0 Å². The molecule has 0 aliphatic heterocycles. The van der Waals surface area contributed by atoms with Crippen molar-refractivity contribution in [3.8, 4) is 5.75 Å². The second-order valence-corrected chi connectivity index (χ2v) is 5.73. The molecule has 2 unspecified atom stereocenters. The molecule has 0 aliphatic carbocycles. The molecular formula is C16H24N2O5. The number of ether oxygens (including phenoxy) is 1. The number of hydrogen-bond acceptors (Lipinski definition) is 5. The number of carboxylic acids is 1. The van der Waals surface area contributed by atoms with Gasteiger partial charge in [-0.3, -0.25) is 4.79 Å². The van der Waals surface area contributed by atoms with Crippen molar-refractivity contribution in [1.82, 2.24) is 5.32 Å². The number of carbonyl (C=O) groups is 2. The van der Waals surface area contributed by atoms with Gasteiger partial charge in [-0.05, 0) is 30.0 Å². The summed E-state index contributed by atoms with van der Waals surface area (Å²) in [7, 11) is 1.56. The Kier molecular flexibility index (Phi) is 6.99. The Labute approximate surface area is 135 Å². The molecule has 7 heteroatoms. The molecule has 128 valence electrons. The number of aliphatic hydroxyl groups excluding tert-OH is 1. The van der Waals surface area contributed by atoms with Crippen LogP contribution >= 0.6 is 0 Å². The van der Waals surface area contributed by atoms with E-state index < -0.39 is 30.1 Å². The Bertz CT molecular complexity index is 530. The first-order valence-corrected chi connectivity index (χ1v) is 7.36. The van der Waals surface area contributed by atoms with Crippen LogP contribution in [0.25, 0.3) is 0 Å². The number of rotatable bonds is 8. The highest BCUT2D eigenvalue weighted by Crippen LogP contribution is 2.13. The second-order valence-electron chi connectivity index (χ2n) is 5.73. The molecule has 1 aromatic carbocycles. The van der Waals surface area contributed by atoms with E-state index in [0.717, 1.165) is 5.56 Å². The number of benzene rings is 1. The molecule has 0 saturated heterocycles. The standard InChI is InChI=1S/C16H24N2O5/c1-9(2)13(16(21)22)18-15(20)14(19)12(17)8-10-4-6-11(23-3)7-5-10/h4-7,9,12-14,19H,8,17H2,1-3H3,(H,18,20)(H,21,22)/t12?,13-,14?/m0/s1. The van der Waals surface area contributed by atoms with Gasteiger partial charge in [0.05, 0.1) is 7.11 Å². The zero-order valence-electron chi connectivity index (χ0n) is 13.5. The lowest BCUT2D eigenvalue weighted by Gasteiger charge is -2.23. The summed E-state index contributed by atoms with van der Waals surface area (Å²) < 4.78 is 5.05. The fourth-order valence-corrected chi connectivity index (χ4v) is 2.09. The largest absolute Gasteiger partial charge is 0.497 e. The van der Waals surface area contributed by atoms with Crippen LogP contribution < -0.4 is 15.8 Å². The van der Waals surface area contributed by atoms with Gasteiger partial charge in [-0.2, -0.15) is 0 Å².